The summed E-state index contributed by atoms with van der Waals surface area (Å²) in [5.41, 5.74) is 2.79. The van der Waals surface area contributed by atoms with E-state index in [1.807, 2.05) is 66.7 Å². The molecule has 0 radical (unpaired) electrons. The number of carbonyl (C=O) groups excluding carboxylic acids is 2. The molecule has 0 saturated carbocycles. The van der Waals surface area contributed by atoms with E-state index in [9.17, 15) is 9.59 Å². The molecule has 2 atom stereocenters. The van der Waals surface area contributed by atoms with Gasteiger partial charge in [0, 0.05) is 33.2 Å². The predicted octanol–water partition coefficient (Wildman–Crippen LogP) is 4.45. The minimum atomic E-state index is -0.105. The van der Waals surface area contributed by atoms with Gasteiger partial charge in [-0.2, -0.15) is 0 Å². The molecule has 0 bridgehead atoms. The highest BCUT2D eigenvalue weighted by Crippen LogP contribution is 2.42. The van der Waals surface area contributed by atoms with Gasteiger partial charge >= 0.3 is 0 Å². The molecular weight excluding hydrogens is 478 g/mol. The number of rotatable bonds is 6. The molecule has 35 heavy (non-hydrogen) atoms. The highest BCUT2D eigenvalue weighted by molar-refractivity contribution is 7.99. The largest absolute Gasteiger partial charge is 0.346 e. The summed E-state index contributed by atoms with van der Waals surface area (Å²) in [7, 11) is 0. The zero-order chi connectivity index (χ0) is 24.4. The van der Waals surface area contributed by atoms with Crippen molar-refractivity contribution in [2.75, 3.05) is 24.5 Å². The van der Waals surface area contributed by atoms with Crippen molar-refractivity contribution >= 4 is 40.9 Å². The van der Waals surface area contributed by atoms with E-state index < -0.39 is 0 Å². The van der Waals surface area contributed by atoms with Gasteiger partial charge in [0.15, 0.2) is 0 Å². The number of benzene rings is 3. The van der Waals surface area contributed by atoms with Crippen LogP contribution in [-0.2, 0) is 6.54 Å². The molecule has 2 unspecified atom stereocenters. The molecule has 180 valence electrons. The third-order valence-electron chi connectivity index (χ3n) is 6.97. The quantitative estimate of drug-likeness (QED) is 0.519. The molecule has 0 aliphatic carbocycles. The fourth-order valence-corrected chi connectivity index (χ4v) is 6.28. The first-order chi connectivity index (χ1) is 17.0. The van der Waals surface area contributed by atoms with Crippen LogP contribution in [-0.4, -0.2) is 37.5 Å². The Morgan fingerprint density at radius 1 is 1.11 bits per heavy atom. The SMILES string of the molecule is CC[NH+]1CCCC1CNC(=O)c1ccc2c(c1)N(Cc1ccccc1Cl)C(=O)c1ccccc1S2. The van der Waals surface area contributed by atoms with E-state index >= 15 is 0 Å². The van der Waals surface area contributed by atoms with Crippen LogP contribution in [0.25, 0.3) is 0 Å². The number of hydrogen-bond acceptors (Lipinski definition) is 3. The van der Waals surface area contributed by atoms with E-state index in [4.69, 9.17) is 11.6 Å². The van der Waals surface area contributed by atoms with Crippen molar-refractivity contribution in [2.24, 2.45) is 0 Å². The Labute approximate surface area is 215 Å². The lowest BCUT2D eigenvalue weighted by atomic mass is 10.1. The molecule has 3 aromatic rings. The van der Waals surface area contributed by atoms with E-state index in [-0.39, 0.29) is 11.8 Å². The summed E-state index contributed by atoms with van der Waals surface area (Å²) < 4.78 is 0. The van der Waals surface area contributed by atoms with Crippen LogP contribution in [0.5, 0.6) is 0 Å². The standard InChI is InChI=1S/C28H28ClN3O2S/c1-2-31-15-7-9-21(31)17-30-27(33)19-13-14-26-24(16-19)32(18-20-8-3-5-11-23(20)29)28(34)22-10-4-6-12-25(22)35-26/h3-6,8,10-14,16,21H,2,7,9,15,17-18H2,1H3,(H,30,33)/p+1. The van der Waals surface area contributed by atoms with Crippen LogP contribution < -0.4 is 15.1 Å². The summed E-state index contributed by atoms with van der Waals surface area (Å²) in [5.74, 6) is -0.204. The van der Waals surface area contributed by atoms with Crippen molar-refractivity contribution in [3.63, 3.8) is 0 Å². The summed E-state index contributed by atoms with van der Waals surface area (Å²) in [6.45, 7) is 5.44. The van der Waals surface area contributed by atoms with Crippen molar-refractivity contribution < 1.29 is 14.5 Å². The highest BCUT2D eigenvalue weighted by atomic mass is 35.5. The van der Waals surface area contributed by atoms with Gasteiger partial charge in [0.2, 0.25) is 0 Å². The lowest BCUT2D eigenvalue weighted by Gasteiger charge is -2.24. The zero-order valence-corrected chi connectivity index (χ0v) is 21.3. The normalized spacial score (nSPS) is 19.1. The Hall–Kier alpha value is -2.80. The number of likely N-dealkylation sites (N-methyl/N-ethyl adjacent to an activating group) is 1. The van der Waals surface area contributed by atoms with Crippen molar-refractivity contribution in [3.05, 3.63) is 88.4 Å². The molecule has 2 heterocycles. The third-order valence-corrected chi connectivity index (χ3v) is 8.48. The van der Waals surface area contributed by atoms with Crippen molar-refractivity contribution in [3.8, 4) is 0 Å². The second-order valence-corrected chi connectivity index (χ2v) is 10.6. The van der Waals surface area contributed by atoms with Crippen LogP contribution in [0.3, 0.4) is 0 Å². The molecular formula is C28H29ClN3O2S+. The Bertz CT molecular complexity index is 1260. The van der Waals surface area contributed by atoms with E-state index in [1.165, 1.54) is 13.0 Å². The molecule has 0 spiro atoms. The minimum Gasteiger partial charge on any atom is -0.346 e. The van der Waals surface area contributed by atoms with Crippen LogP contribution >= 0.6 is 23.4 Å². The lowest BCUT2D eigenvalue weighted by molar-refractivity contribution is -0.909. The number of amides is 2. The van der Waals surface area contributed by atoms with Gasteiger partial charge in [-0.3, -0.25) is 9.59 Å². The molecule has 5 nitrogen and oxygen atoms in total. The maximum atomic E-state index is 13.7. The molecule has 3 aromatic carbocycles. The number of quaternary nitrogens is 1. The fraction of sp³-hybridized carbons (Fsp3) is 0.286. The van der Waals surface area contributed by atoms with Gasteiger partial charge in [0.05, 0.1) is 37.4 Å². The first-order valence-corrected chi connectivity index (χ1v) is 13.3. The van der Waals surface area contributed by atoms with Gasteiger partial charge in [-0.1, -0.05) is 53.7 Å². The topological polar surface area (TPSA) is 53.9 Å². The van der Waals surface area contributed by atoms with Crippen molar-refractivity contribution in [1.29, 1.82) is 0 Å². The Morgan fingerprint density at radius 2 is 1.91 bits per heavy atom. The fourth-order valence-electron chi connectivity index (χ4n) is 5.03. The molecule has 2 aliphatic heterocycles. The predicted molar refractivity (Wildman–Crippen MR) is 141 cm³/mol. The van der Waals surface area contributed by atoms with Crippen molar-refractivity contribution in [2.45, 2.75) is 42.1 Å². The molecule has 5 rings (SSSR count). The minimum absolute atomic E-state index is 0.0996. The zero-order valence-electron chi connectivity index (χ0n) is 19.7. The van der Waals surface area contributed by atoms with Crippen LogP contribution in [0.4, 0.5) is 5.69 Å². The first kappa shape index (κ1) is 23.9. The molecule has 2 N–H and O–H groups in total. The van der Waals surface area contributed by atoms with Gasteiger partial charge in [-0.05, 0) is 48.9 Å². The van der Waals surface area contributed by atoms with E-state index in [0.29, 0.717) is 35.3 Å². The number of nitrogens with zero attached hydrogens (tertiary/aromatic N) is 1. The van der Waals surface area contributed by atoms with E-state index in [0.717, 1.165) is 34.0 Å². The number of carbonyl (C=O) groups is 2. The number of likely N-dealkylation sites (tertiary alicyclic amines) is 1. The number of anilines is 1. The first-order valence-electron chi connectivity index (χ1n) is 12.1. The maximum Gasteiger partial charge on any atom is 0.259 e. The average Bonchev–Trinajstić information content (AvgIpc) is 3.30. The monoisotopic (exact) mass is 506 g/mol. The number of nitrogens with one attached hydrogen (secondary N) is 2. The summed E-state index contributed by atoms with van der Waals surface area (Å²) >= 11 is 8.01. The van der Waals surface area contributed by atoms with Gasteiger partial charge in [-0.25, -0.2) is 0 Å². The second kappa shape index (κ2) is 10.4. The second-order valence-electron chi connectivity index (χ2n) is 9.07. The molecule has 7 heteroatoms. The van der Waals surface area contributed by atoms with Gasteiger partial charge < -0.3 is 15.1 Å². The average molecular weight is 507 g/mol. The number of fused-ring (bicyclic) bond motifs is 2. The number of hydrogen-bond donors (Lipinski definition) is 2. The highest BCUT2D eigenvalue weighted by Gasteiger charge is 2.30. The number of halogens is 1. The van der Waals surface area contributed by atoms with E-state index in [1.54, 1.807) is 21.6 Å². The Balaban J connectivity index is 1.47. The summed E-state index contributed by atoms with van der Waals surface area (Å²) in [6, 6.07) is 21.3. The molecule has 2 aliphatic rings. The van der Waals surface area contributed by atoms with Crippen molar-refractivity contribution in [1.82, 2.24) is 5.32 Å². The smallest absolute Gasteiger partial charge is 0.259 e. The summed E-state index contributed by atoms with van der Waals surface area (Å²) in [6.07, 6.45) is 2.35. The Morgan fingerprint density at radius 3 is 2.74 bits per heavy atom. The molecule has 1 fully saturated rings. The summed E-state index contributed by atoms with van der Waals surface area (Å²) in [4.78, 5) is 32.0. The maximum absolute atomic E-state index is 13.7. The van der Waals surface area contributed by atoms with Gasteiger partial charge in [-0.15, -0.1) is 0 Å². The lowest BCUT2D eigenvalue weighted by Crippen LogP contribution is -3.14. The van der Waals surface area contributed by atoms with Gasteiger partial charge in [0.1, 0.15) is 6.04 Å². The van der Waals surface area contributed by atoms with Crippen LogP contribution in [0.1, 0.15) is 46.0 Å². The van der Waals surface area contributed by atoms with Crippen LogP contribution in [0.2, 0.25) is 5.02 Å². The third kappa shape index (κ3) is 4.96. The van der Waals surface area contributed by atoms with Crippen LogP contribution in [0.15, 0.2) is 76.5 Å². The molecule has 0 aromatic heterocycles. The summed E-state index contributed by atoms with van der Waals surface area (Å²) in [5, 5.41) is 3.75. The molecule has 1 saturated heterocycles. The van der Waals surface area contributed by atoms with Gasteiger partial charge in [0.25, 0.3) is 11.8 Å². The molecule has 2 amide bonds. The van der Waals surface area contributed by atoms with Crippen LogP contribution in [0, 0.1) is 0 Å². The Kier molecular flexibility index (Phi) is 7.14. The van der Waals surface area contributed by atoms with E-state index in [2.05, 4.69) is 12.2 Å².